The lowest BCUT2D eigenvalue weighted by molar-refractivity contribution is 0.134. The van der Waals surface area contributed by atoms with Crippen molar-refractivity contribution in [3.8, 4) is 0 Å². The second-order valence-electron chi connectivity index (χ2n) is 4.88. The van der Waals surface area contributed by atoms with Gasteiger partial charge in [0.2, 0.25) is 0 Å². The summed E-state index contributed by atoms with van der Waals surface area (Å²) in [6.45, 7) is 2.04. The molecule has 0 aliphatic carbocycles. The molecule has 6 nitrogen and oxygen atoms in total. The zero-order valence-corrected chi connectivity index (χ0v) is 10.6. The zero-order chi connectivity index (χ0) is 12.4. The highest BCUT2D eigenvalue weighted by Gasteiger charge is 2.26. The van der Waals surface area contributed by atoms with E-state index < -0.39 is 0 Å². The molecule has 0 unspecified atom stereocenters. The van der Waals surface area contributed by atoms with Crippen LogP contribution in [0.1, 0.15) is 36.7 Å². The van der Waals surface area contributed by atoms with E-state index in [0.717, 1.165) is 25.3 Å². The number of nitrogens with zero attached hydrogens (tertiary/aromatic N) is 5. The number of nitrogens with one attached hydrogen (secondary N) is 1. The van der Waals surface area contributed by atoms with Crippen LogP contribution in [0, 0.1) is 0 Å². The summed E-state index contributed by atoms with van der Waals surface area (Å²) in [6.07, 6.45) is 9.26. The fourth-order valence-corrected chi connectivity index (χ4v) is 2.65. The predicted molar refractivity (Wildman–Crippen MR) is 66.6 cm³/mol. The lowest BCUT2D eigenvalue weighted by Crippen LogP contribution is -2.33. The van der Waals surface area contributed by atoms with E-state index in [0.29, 0.717) is 6.04 Å². The molecule has 1 saturated heterocycles. The summed E-state index contributed by atoms with van der Waals surface area (Å²) < 4.78 is 1.85. The SMILES string of the molecule is Cn1cc(CN2CCCC[C@@H]2c2ncn[nH]2)cn1. The topological polar surface area (TPSA) is 62.6 Å². The standard InChI is InChI=1S/C12H18N6/c1-17-7-10(6-15-17)8-18-5-3-2-4-11(18)12-13-9-14-16-12/h6-7,9,11H,2-5,8H2,1H3,(H,13,14,16)/t11-/m1/s1. The Bertz CT molecular complexity index is 488. The molecule has 6 heteroatoms. The van der Waals surface area contributed by atoms with Crippen LogP contribution in [-0.4, -0.2) is 36.4 Å². The lowest BCUT2D eigenvalue weighted by atomic mass is 10.0. The Morgan fingerprint density at radius 2 is 2.39 bits per heavy atom. The molecule has 0 aromatic carbocycles. The Hall–Kier alpha value is -1.69. The van der Waals surface area contributed by atoms with Crippen LogP contribution >= 0.6 is 0 Å². The van der Waals surface area contributed by atoms with Crippen molar-refractivity contribution in [3.63, 3.8) is 0 Å². The Balaban J connectivity index is 1.76. The molecule has 2 aromatic heterocycles. The average Bonchev–Trinajstić information content (AvgIpc) is 3.02. The minimum atomic E-state index is 0.362. The Kier molecular flexibility index (Phi) is 3.10. The number of aromatic nitrogens is 5. The molecule has 0 amide bonds. The maximum Gasteiger partial charge on any atom is 0.141 e. The van der Waals surface area contributed by atoms with Gasteiger partial charge in [0.1, 0.15) is 12.2 Å². The van der Waals surface area contributed by atoms with Crippen LogP contribution in [0.2, 0.25) is 0 Å². The van der Waals surface area contributed by atoms with Gasteiger partial charge < -0.3 is 0 Å². The molecular weight excluding hydrogens is 228 g/mol. The van der Waals surface area contributed by atoms with Crippen LogP contribution in [0.3, 0.4) is 0 Å². The van der Waals surface area contributed by atoms with Crippen molar-refractivity contribution >= 4 is 0 Å². The molecule has 3 heterocycles. The van der Waals surface area contributed by atoms with Crippen LogP contribution in [0.15, 0.2) is 18.7 Å². The van der Waals surface area contributed by atoms with E-state index >= 15 is 0 Å². The summed E-state index contributed by atoms with van der Waals surface area (Å²) in [7, 11) is 1.95. The van der Waals surface area contributed by atoms with Crippen molar-refractivity contribution in [1.29, 1.82) is 0 Å². The third-order valence-corrected chi connectivity index (χ3v) is 3.51. The normalized spacial score (nSPS) is 21.3. The molecule has 0 radical (unpaired) electrons. The van der Waals surface area contributed by atoms with Gasteiger partial charge in [0.05, 0.1) is 12.2 Å². The minimum absolute atomic E-state index is 0.362. The average molecular weight is 246 g/mol. The molecule has 3 rings (SSSR count). The van der Waals surface area contributed by atoms with Gasteiger partial charge in [-0.3, -0.25) is 14.7 Å². The number of hydrogen-bond acceptors (Lipinski definition) is 4. The molecule has 0 spiro atoms. The van der Waals surface area contributed by atoms with Crippen molar-refractivity contribution in [2.45, 2.75) is 31.8 Å². The van der Waals surface area contributed by atoms with E-state index in [2.05, 4.69) is 31.4 Å². The first-order valence-corrected chi connectivity index (χ1v) is 6.40. The molecule has 2 aromatic rings. The van der Waals surface area contributed by atoms with E-state index in [1.807, 2.05) is 17.9 Å². The molecule has 1 N–H and O–H groups in total. The van der Waals surface area contributed by atoms with E-state index in [9.17, 15) is 0 Å². The maximum atomic E-state index is 4.31. The highest BCUT2D eigenvalue weighted by Crippen LogP contribution is 2.29. The van der Waals surface area contributed by atoms with E-state index in [1.165, 1.54) is 18.4 Å². The molecule has 1 fully saturated rings. The highest BCUT2D eigenvalue weighted by atomic mass is 15.3. The van der Waals surface area contributed by atoms with Gasteiger partial charge in [0.25, 0.3) is 0 Å². The molecule has 0 bridgehead atoms. The fraction of sp³-hybridized carbons (Fsp3) is 0.583. The first kappa shape index (κ1) is 11.4. The summed E-state index contributed by atoms with van der Waals surface area (Å²) in [4.78, 5) is 6.77. The number of hydrogen-bond donors (Lipinski definition) is 1. The largest absolute Gasteiger partial charge is 0.289 e. The van der Waals surface area contributed by atoms with E-state index in [1.54, 1.807) is 6.33 Å². The van der Waals surface area contributed by atoms with E-state index in [-0.39, 0.29) is 0 Å². The van der Waals surface area contributed by atoms with Gasteiger partial charge in [-0.2, -0.15) is 10.2 Å². The first-order chi connectivity index (χ1) is 8.83. The number of aromatic amines is 1. The second-order valence-corrected chi connectivity index (χ2v) is 4.88. The van der Waals surface area contributed by atoms with Crippen molar-refractivity contribution in [2.24, 2.45) is 7.05 Å². The third kappa shape index (κ3) is 2.28. The number of piperidine rings is 1. The van der Waals surface area contributed by atoms with E-state index in [4.69, 9.17) is 0 Å². The number of H-pyrrole nitrogens is 1. The summed E-state index contributed by atoms with van der Waals surface area (Å²) >= 11 is 0. The minimum Gasteiger partial charge on any atom is -0.289 e. The van der Waals surface area contributed by atoms with Crippen molar-refractivity contribution in [3.05, 3.63) is 30.1 Å². The van der Waals surface area contributed by atoms with Gasteiger partial charge in [-0.15, -0.1) is 0 Å². The van der Waals surface area contributed by atoms with Gasteiger partial charge in [-0.25, -0.2) is 4.98 Å². The number of likely N-dealkylation sites (tertiary alicyclic amines) is 1. The Morgan fingerprint density at radius 3 is 3.11 bits per heavy atom. The van der Waals surface area contributed by atoms with Gasteiger partial charge in [-0.05, 0) is 19.4 Å². The zero-order valence-electron chi connectivity index (χ0n) is 10.6. The molecule has 96 valence electrons. The Morgan fingerprint density at radius 1 is 1.44 bits per heavy atom. The summed E-state index contributed by atoms with van der Waals surface area (Å²) in [5, 5.41) is 11.2. The second kappa shape index (κ2) is 4.89. The smallest absolute Gasteiger partial charge is 0.141 e. The van der Waals surface area contributed by atoms with Gasteiger partial charge in [0, 0.05) is 25.4 Å². The third-order valence-electron chi connectivity index (χ3n) is 3.51. The molecule has 1 aliphatic heterocycles. The summed E-state index contributed by atoms with van der Waals surface area (Å²) in [5.41, 5.74) is 1.25. The van der Waals surface area contributed by atoms with Gasteiger partial charge in [0.15, 0.2) is 0 Å². The molecule has 0 saturated carbocycles. The molecule has 18 heavy (non-hydrogen) atoms. The van der Waals surface area contributed by atoms with Crippen molar-refractivity contribution in [1.82, 2.24) is 29.9 Å². The van der Waals surface area contributed by atoms with Crippen LogP contribution in [-0.2, 0) is 13.6 Å². The van der Waals surface area contributed by atoms with Crippen LogP contribution < -0.4 is 0 Å². The summed E-state index contributed by atoms with van der Waals surface area (Å²) in [5.74, 6) is 0.985. The Labute approximate surface area is 106 Å². The van der Waals surface area contributed by atoms with Crippen LogP contribution in [0.25, 0.3) is 0 Å². The molecule has 1 atom stereocenters. The predicted octanol–water partition coefficient (Wildman–Crippen LogP) is 1.27. The van der Waals surface area contributed by atoms with Gasteiger partial charge >= 0.3 is 0 Å². The van der Waals surface area contributed by atoms with Crippen LogP contribution in [0.4, 0.5) is 0 Å². The first-order valence-electron chi connectivity index (χ1n) is 6.40. The quantitative estimate of drug-likeness (QED) is 0.885. The molecular formula is C12H18N6. The fourth-order valence-electron chi connectivity index (χ4n) is 2.65. The maximum absolute atomic E-state index is 4.31. The highest BCUT2D eigenvalue weighted by molar-refractivity contribution is 5.05. The van der Waals surface area contributed by atoms with Crippen molar-refractivity contribution in [2.75, 3.05) is 6.54 Å². The van der Waals surface area contributed by atoms with Crippen LogP contribution in [0.5, 0.6) is 0 Å². The molecule has 1 aliphatic rings. The monoisotopic (exact) mass is 246 g/mol. The number of rotatable bonds is 3. The van der Waals surface area contributed by atoms with Crippen molar-refractivity contribution < 1.29 is 0 Å². The summed E-state index contributed by atoms with van der Waals surface area (Å²) in [6, 6.07) is 0.362. The van der Waals surface area contributed by atoms with Gasteiger partial charge in [-0.1, -0.05) is 6.42 Å². The number of aryl methyl sites for hydroxylation is 1. The lowest BCUT2D eigenvalue weighted by Gasteiger charge is -2.33.